The van der Waals surface area contributed by atoms with Crippen LogP contribution in [0, 0.1) is 0 Å². The maximum absolute atomic E-state index is 12.0. The minimum Gasteiger partial charge on any atom is -0.286 e. The SMILES string of the molecule is NC(=[NH+]S(=O)(=O)c1cccs1)c1cc(Cl)nc(Cl)c1. The maximum Gasteiger partial charge on any atom is 0.338 e. The summed E-state index contributed by atoms with van der Waals surface area (Å²) >= 11 is 12.5. The molecule has 100 valence electrons. The number of amidine groups is 1. The molecule has 0 saturated carbocycles. The highest BCUT2D eigenvalue weighted by molar-refractivity contribution is 7.87. The van der Waals surface area contributed by atoms with E-state index in [-0.39, 0.29) is 20.4 Å². The summed E-state index contributed by atoms with van der Waals surface area (Å²) in [6.45, 7) is 0. The zero-order valence-corrected chi connectivity index (χ0v) is 12.4. The van der Waals surface area contributed by atoms with Crippen LogP contribution in [0.25, 0.3) is 0 Å². The molecule has 0 atom stereocenters. The Hall–Kier alpha value is -1.15. The van der Waals surface area contributed by atoms with E-state index in [1.165, 1.54) is 18.2 Å². The van der Waals surface area contributed by atoms with E-state index < -0.39 is 10.0 Å². The second-order valence-corrected chi connectivity index (χ2v) is 7.08. The van der Waals surface area contributed by atoms with Crippen molar-refractivity contribution in [3.8, 4) is 0 Å². The van der Waals surface area contributed by atoms with Crippen LogP contribution in [0.2, 0.25) is 10.3 Å². The average Bonchev–Trinajstić information content (AvgIpc) is 2.80. The van der Waals surface area contributed by atoms with Crippen molar-refractivity contribution < 1.29 is 12.8 Å². The number of sulfonamides is 1. The number of nitrogens with zero attached hydrogens (tertiary/aromatic N) is 1. The monoisotopic (exact) mass is 336 g/mol. The molecule has 0 radical (unpaired) electrons. The molecule has 0 aliphatic heterocycles. The lowest BCUT2D eigenvalue weighted by molar-refractivity contribution is -0.267. The highest BCUT2D eigenvalue weighted by Gasteiger charge is 2.19. The van der Waals surface area contributed by atoms with Crippen molar-refractivity contribution >= 4 is 50.4 Å². The van der Waals surface area contributed by atoms with Crippen LogP contribution in [0.15, 0.2) is 33.9 Å². The number of thiophene rings is 1. The summed E-state index contributed by atoms with van der Waals surface area (Å²) in [6.07, 6.45) is 0. The number of hydrogen-bond donors (Lipinski definition) is 2. The van der Waals surface area contributed by atoms with Crippen molar-refractivity contribution in [2.24, 2.45) is 5.73 Å². The van der Waals surface area contributed by atoms with E-state index in [1.807, 2.05) is 0 Å². The van der Waals surface area contributed by atoms with Crippen LogP contribution in [0.1, 0.15) is 5.56 Å². The molecule has 0 aromatic carbocycles. The van der Waals surface area contributed by atoms with Gasteiger partial charge >= 0.3 is 10.0 Å². The summed E-state index contributed by atoms with van der Waals surface area (Å²) in [4.78, 5) is 3.75. The smallest absolute Gasteiger partial charge is 0.286 e. The van der Waals surface area contributed by atoms with Crippen LogP contribution in [-0.2, 0) is 10.0 Å². The van der Waals surface area contributed by atoms with E-state index in [2.05, 4.69) is 9.38 Å². The van der Waals surface area contributed by atoms with Crippen LogP contribution in [0.4, 0.5) is 0 Å². The van der Waals surface area contributed by atoms with Gasteiger partial charge in [0.2, 0.25) is 0 Å². The molecule has 9 heteroatoms. The summed E-state index contributed by atoms with van der Waals surface area (Å²) in [6, 6.07) is 5.95. The topological polar surface area (TPSA) is 87.0 Å². The number of rotatable bonds is 3. The van der Waals surface area contributed by atoms with Crippen molar-refractivity contribution in [2.45, 2.75) is 4.21 Å². The molecule has 0 spiro atoms. The van der Waals surface area contributed by atoms with Crippen LogP contribution in [0.5, 0.6) is 0 Å². The van der Waals surface area contributed by atoms with E-state index in [1.54, 1.807) is 11.4 Å². The third-order valence-electron chi connectivity index (χ3n) is 2.08. The van der Waals surface area contributed by atoms with E-state index in [9.17, 15) is 8.42 Å². The third-order valence-corrected chi connectivity index (χ3v) is 5.23. The molecule has 0 aliphatic rings. The summed E-state index contributed by atoms with van der Waals surface area (Å²) in [5, 5.41) is 1.91. The molecular weight excluding hydrogens is 329 g/mol. The number of aromatic nitrogens is 1. The molecule has 2 heterocycles. The van der Waals surface area contributed by atoms with Gasteiger partial charge in [-0.15, -0.1) is 11.3 Å². The summed E-state index contributed by atoms with van der Waals surface area (Å²) in [5.41, 5.74) is 6.06. The molecule has 0 saturated heterocycles. The minimum absolute atomic E-state index is 0.0698. The fourth-order valence-electron chi connectivity index (χ4n) is 1.29. The molecular formula is C10H8Cl2N3O2S2+. The molecule has 0 unspecified atom stereocenters. The minimum atomic E-state index is -3.69. The summed E-state index contributed by atoms with van der Waals surface area (Å²) in [7, 11) is -3.69. The molecule has 2 aromatic rings. The number of halogens is 2. The van der Waals surface area contributed by atoms with Crippen LogP contribution in [-0.4, -0.2) is 19.2 Å². The standard InChI is InChI=1S/C10H7Cl2N3O2S2/c11-7-4-6(5-8(12)14-7)10(13)15-19(16,17)9-2-1-3-18-9/h1-5H,(H2,13,15)/p+1. The van der Waals surface area contributed by atoms with Gasteiger partial charge in [0.05, 0.1) is 5.56 Å². The van der Waals surface area contributed by atoms with Gasteiger partial charge < -0.3 is 0 Å². The van der Waals surface area contributed by atoms with Gasteiger partial charge in [0.25, 0.3) is 5.84 Å². The molecule has 0 amide bonds. The van der Waals surface area contributed by atoms with E-state index in [0.29, 0.717) is 5.56 Å². The Morgan fingerprint density at radius 1 is 1.32 bits per heavy atom. The highest BCUT2D eigenvalue weighted by atomic mass is 35.5. The quantitative estimate of drug-likeness (QED) is 0.488. The van der Waals surface area contributed by atoms with Gasteiger partial charge in [-0.05, 0) is 29.6 Å². The first-order chi connectivity index (χ1) is 8.88. The van der Waals surface area contributed by atoms with Crippen LogP contribution >= 0.6 is 34.5 Å². The second kappa shape index (κ2) is 5.46. The van der Waals surface area contributed by atoms with Crippen molar-refractivity contribution in [1.82, 2.24) is 4.98 Å². The number of hydrogen-bond acceptors (Lipinski definition) is 4. The van der Waals surface area contributed by atoms with Crippen molar-refractivity contribution in [3.05, 3.63) is 45.5 Å². The number of nitrogen functional groups attached to an aromatic ring is 1. The Morgan fingerprint density at radius 2 is 1.95 bits per heavy atom. The normalized spacial score (nSPS) is 12.6. The largest absolute Gasteiger partial charge is 0.338 e. The first kappa shape index (κ1) is 14.3. The van der Waals surface area contributed by atoms with E-state index in [0.717, 1.165) is 11.3 Å². The Kier molecular flexibility index (Phi) is 4.10. The highest BCUT2D eigenvalue weighted by Crippen LogP contribution is 2.14. The van der Waals surface area contributed by atoms with Gasteiger partial charge in [0.15, 0.2) is 4.21 Å². The predicted octanol–water partition coefficient (Wildman–Crippen LogP) is 0.625. The maximum atomic E-state index is 12.0. The molecule has 3 N–H and O–H groups in total. The fraction of sp³-hybridized carbons (Fsp3) is 0. The van der Waals surface area contributed by atoms with Gasteiger partial charge in [0.1, 0.15) is 10.3 Å². The molecule has 2 rings (SSSR count). The van der Waals surface area contributed by atoms with Gasteiger partial charge in [-0.3, -0.25) is 5.73 Å². The van der Waals surface area contributed by atoms with Crippen LogP contribution < -0.4 is 10.1 Å². The molecule has 0 fully saturated rings. The van der Waals surface area contributed by atoms with Gasteiger partial charge in [0, 0.05) is 0 Å². The predicted molar refractivity (Wildman–Crippen MR) is 75.0 cm³/mol. The molecule has 0 aliphatic carbocycles. The van der Waals surface area contributed by atoms with Gasteiger partial charge in [-0.25, -0.2) is 4.98 Å². The molecule has 0 bridgehead atoms. The Balaban J connectivity index is 2.44. The summed E-state index contributed by atoms with van der Waals surface area (Å²) in [5.74, 6) is -0.0698. The van der Waals surface area contributed by atoms with E-state index in [4.69, 9.17) is 28.9 Å². The molecule has 5 nitrogen and oxygen atoms in total. The summed E-state index contributed by atoms with van der Waals surface area (Å²) < 4.78 is 26.4. The van der Waals surface area contributed by atoms with Crippen molar-refractivity contribution in [3.63, 3.8) is 0 Å². The zero-order valence-electron chi connectivity index (χ0n) is 9.30. The first-order valence-corrected chi connectivity index (χ1v) is 8.02. The van der Waals surface area contributed by atoms with E-state index >= 15 is 0 Å². The number of nitrogens with one attached hydrogen (secondary N) is 1. The zero-order chi connectivity index (χ0) is 14.0. The number of nitrogens with two attached hydrogens (primary N) is 1. The van der Waals surface area contributed by atoms with Crippen molar-refractivity contribution in [1.29, 1.82) is 0 Å². The Bertz CT molecular complexity index is 707. The second-order valence-electron chi connectivity index (χ2n) is 3.45. The number of pyridine rings is 1. The molecule has 2 aromatic heterocycles. The van der Waals surface area contributed by atoms with Gasteiger partial charge in [-0.2, -0.15) is 12.8 Å². The lowest BCUT2D eigenvalue weighted by Crippen LogP contribution is -2.78. The lowest BCUT2D eigenvalue weighted by atomic mass is 10.2. The lowest BCUT2D eigenvalue weighted by Gasteiger charge is -1.98. The first-order valence-electron chi connectivity index (χ1n) is 4.91. The fourth-order valence-corrected chi connectivity index (χ4v) is 3.76. The Labute approximate surface area is 123 Å². The third kappa shape index (κ3) is 3.44. The van der Waals surface area contributed by atoms with Crippen LogP contribution in [0.3, 0.4) is 0 Å². The Morgan fingerprint density at radius 3 is 2.47 bits per heavy atom. The van der Waals surface area contributed by atoms with Crippen molar-refractivity contribution in [2.75, 3.05) is 0 Å². The average molecular weight is 337 g/mol. The molecule has 19 heavy (non-hydrogen) atoms. The van der Waals surface area contributed by atoms with Gasteiger partial charge in [-0.1, -0.05) is 23.2 Å².